The Morgan fingerprint density at radius 2 is 1.36 bits per heavy atom. The minimum Gasteiger partial charge on any atom is -0.494 e. The van der Waals surface area contributed by atoms with Gasteiger partial charge in [0.2, 0.25) is 0 Å². The summed E-state index contributed by atoms with van der Waals surface area (Å²) in [5.74, 6) is 0.521. The van der Waals surface area contributed by atoms with E-state index >= 15 is 0 Å². The number of non-ortho nitro benzene ring substituents is 1. The molecule has 0 unspecified atom stereocenters. The van der Waals surface area contributed by atoms with Gasteiger partial charge < -0.3 is 9.47 Å². The number of nitro groups is 1. The second-order valence-corrected chi connectivity index (χ2v) is 8.10. The molecule has 0 N–H and O–H groups in total. The van der Waals surface area contributed by atoms with Gasteiger partial charge in [0.25, 0.3) is 5.69 Å². The summed E-state index contributed by atoms with van der Waals surface area (Å²) in [6.45, 7) is 2.97. The zero-order valence-corrected chi connectivity index (χ0v) is 19.5. The third-order valence-corrected chi connectivity index (χ3v) is 5.32. The van der Waals surface area contributed by atoms with E-state index in [1.54, 1.807) is 6.08 Å². The van der Waals surface area contributed by atoms with Gasteiger partial charge in [0.15, 0.2) is 0 Å². The van der Waals surface area contributed by atoms with Crippen molar-refractivity contribution in [2.75, 3.05) is 6.61 Å². The van der Waals surface area contributed by atoms with Crippen LogP contribution in [0.4, 0.5) is 5.69 Å². The number of carbonyl (C=O) groups excluding carboxylic acids is 1. The standard InChI is InChI=1S/C27H35NO5/c1-2-3-4-5-6-7-8-9-10-11-22-32-25-17-12-23(13-18-25)14-21-27(29)33-26-19-15-24(16-20-26)28(30)31/h12-21H,2-11,22H2,1H3. The monoisotopic (exact) mass is 453 g/mol. The molecule has 0 aliphatic rings. The van der Waals surface area contributed by atoms with Gasteiger partial charge in [-0.25, -0.2) is 4.79 Å². The molecule has 0 heterocycles. The molecule has 6 nitrogen and oxygen atoms in total. The molecule has 6 heteroatoms. The van der Waals surface area contributed by atoms with Gasteiger partial charge in [-0.05, 0) is 42.3 Å². The third-order valence-electron chi connectivity index (χ3n) is 5.32. The van der Waals surface area contributed by atoms with Gasteiger partial charge in [0.05, 0.1) is 11.5 Å². The lowest BCUT2D eigenvalue weighted by Crippen LogP contribution is -2.03. The summed E-state index contributed by atoms with van der Waals surface area (Å²) < 4.78 is 10.9. The van der Waals surface area contributed by atoms with Crippen LogP contribution in [0.1, 0.15) is 76.7 Å². The summed E-state index contributed by atoms with van der Waals surface area (Å²) in [5.41, 5.74) is 0.794. The number of benzene rings is 2. The Morgan fingerprint density at radius 1 is 0.818 bits per heavy atom. The zero-order valence-electron chi connectivity index (χ0n) is 19.5. The number of rotatable bonds is 16. The highest BCUT2D eigenvalue weighted by molar-refractivity contribution is 5.88. The van der Waals surface area contributed by atoms with Gasteiger partial charge in [-0.15, -0.1) is 0 Å². The summed E-state index contributed by atoms with van der Waals surface area (Å²) >= 11 is 0. The largest absolute Gasteiger partial charge is 0.494 e. The molecular formula is C27H35NO5. The van der Waals surface area contributed by atoms with E-state index in [4.69, 9.17) is 9.47 Å². The fraction of sp³-hybridized carbons (Fsp3) is 0.444. The first-order valence-corrected chi connectivity index (χ1v) is 12.0. The molecule has 0 aromatic heterocycles. The van der Waals surface area contributed by atoms with Gasteiger partial charge >= 0.3 is 5.97 Å². The van der Waals surface area contributed by atoms with Crippen molar-refractivity contribution >= 4 is 17.7 Å². The quantitative estimate of drug-likeness (QED) is 0.0656. The number of hydrogen-bond donors (Lipinski definition) is 0. The normalized spacial score (nSPS) is 10.9. The number of ether oxygens (including phenoxy) is 2. The van der Waals surface area contributed by atoms with Crippen molar-refractivity contribution in [1.29, 1.82) is 0 Å². The smallest absolute Gasteiger partial charge is 0.336 e. The highest BCUT2D eigenvalue weighted by Crippen LogP contribution is 2.18. The maximum Gasteiger partial charge on any atom is 0.336 e. The summed E-state index contributed by atoms with van der Waals surface area (Å²) in [6.07, 6.45) is 16.0. The molecule has 0 saturated carbocycles. The van der Waals surface area contributed by atoms with Crippen molar-refractivity contribution < 1.29 is 19.2 Å². The third kappa shape index (κ3) is 11.3. The predicted octanol–water partition coefficient (Wildman–Crippen LogP) is 7.51. The molecule has 2 aromatic carbocycles. The Balaban J connectivity index is 1.59. The average Bonchev–Trinajstić information content (AvgIpc) is 2.82. The molecule has 0 spiro atoms. The first kappa shape index (κ1) is 26.1. The van der Waals surface area contributed by atoms with Gasteiger partial charge in [-0.1, -0.05) is 76.8 Å². The molecule has 0 amide bonds. The van der Waals surface area contributed by atoms with Crippen LogP contribution in [0.25, 0.3) is 6.08 Å². The molecule has 0 radical (unpaired) electrons. The molecule has 0 aliphatic carbocycles. The Labute approximate surface area is 196 Å². The molecule has 0 fully saturated rings. The van der Waals surface area contributed by atoms with E-state index < -0.39 is 10.9 Å². The second kappa shape index (κ2) is 15.6. The van der Waals surface area contributed by atoms with Crippen molar-refractivity contribution in [2.24, 2.45) is 0 Å². The highest BCUT2D eigenvalue weighted by atomic mass is 16.6. The van der Waals surface area contributed by atoms with Crippen LogP contribution < -0.4 is 9.47 Å². The maximum absolute atomic E-state index is 11.9. The Hall–Kier alpha value is -3.15. The first-order chi connectivity index (χ1) is 16.1. The lowest BCUT2D eigenvalue weighted by molar-refractivity contribution is -0.384. The van der Waals surface area contributed by atoms with Crippen LogP contribution in [0.3, 0.4) is 0 Å². The van der Waals surface area contributed by atoms with Crippen molar-refractivity contribution in [3.63, 3.8) is 0 Å². The highest BCUT2D eigenvalue weighted by Gasteiger charge is 2.06. The average molecular weight is 454 g/mol. The number of esters is 1. The molecule has 2 aromatic rings. The fourth-order valence-corrected chi connectivity index (χ4v) is 3.41. The van der Waals surface area contributed by atoms with Crippen molar-refractivity contribution in [3.05, 3.63) is 70.3 Å². The van der Waals surface area contributed by atoms with Crippen LogP contribution >= 0.6 is 0 Å². The summed E-state index contributed by atoms with van der Waals surface area (Å²) in [4.78, 5) is 22.1. The van der Waals surface area contributed by atoms with E-state index in [0.29, 0.717) is 6.61 Å². The zero-order chi connectivity index (χ0) is 23.7. The lowest BCUT2D eigenvalue weighted by atomic mass is 10.1. The number of nitro benzene ring substituents is 1. The summed E-state index contributed by atoms with van der Waals surface area (Å²) in [5, 5.41) is 10.7. The molecule has 2 rings (SSSR count). The SMILES string of the molecule is CCCCCCCCCCCCOc1ccc(C=CC(=O)Oc2ccc([N+](=O)[O-])cc2)cc1. The summed E-state index contributed by atoms with van der Waals surface area (Å²) in [7, 11) is 0. The topological polar surface area (TPSA) is 78.7 Å². The number of unbranched alkanes of at least 4 members (excludes halogenated alkanes) is 9. The molecule has 178 valence electrons. The van der Waals surface area contributed by atoms with E-state index in [-0.39, 0.29) is 11.4 Å². The Bertz CT molecular complexity index is 859. The van der Waals surface area contributed by atoms with Gasteiger partial charge in [0, 0.05) is 18.2 Å². The van der Waals surface area contributed by atoms with Gasteiger partial charge in [-0.3, -0.25) is 10.1 Å². The van der Waals surface area contributed by atoms with Gasteiger partial charge in [0.1, 0.15) is 11.5 Å². The Kier molecular flexibility index (Phi) is 12.4. The van der Waals surface area contributed by atoms with Crippen LogP contribution in [0, 0.1) is 10.1 Å². The van der Waals surface area contributed by atoms with Crippen molar-refractivity contribution in [3.8, 4) is 11.5 Å². The van der Waals surface area contributed by atoms with Crippen LogP contribution in [0.5, 0.6) is 11.5 Å². The van der Waals surface area contributed by atoms with E-state index in [0.717, 1.165) is 17.7 Å². The van der Waals surface area contributed by atoms with E-state index in [2.05, 4.69) is 6.92 Å². The second-order valence-electron chi connectivity index (χ2n) is 8.10. The molecule has 0 atom stereocenters. The van der Waals surface area contributed by atoms with Crippen LogP contribution in [0.15, 0.2) is 54.6 Å². The maximum atomic E-state index is 11.9. The first-order valence-electron chi connectivity index (χ1n) is 12.0. The van der Waals surface area contributed by atoms with E-state index in [9.17, 15) is 14.9 Å². The fourth-order valence-electron chi connectivity index (χ4n) is 3.41. The lowest BCUT2D eigenvalue weighted by Gasteiger charge is -2.06. The predicted molar refractivity (Wildman–Crippen MR) is 132 cm³/mol. The number of carbonyl (C=O) groups is 1. The van der Waals surface area contributed by atoms with Gasteiger partial charge in [-0.2, -0.15) is 0 Å². The van der Waals surface area contributed by atoms with E-state index in [1.165, 1.54) is 88.1 Å². The molecular weight excluding hydrogens is 418 g/mol. The minimum absolute atomic E-state index is 0.0548. The molecule has 0 bridgehead atoms. The minimum atomic E-state index is -0.551. The van der Waals surface area contributed by atoms with Crippen LogP contribution in [-0.2, 0) is 4.79 Å². The van der Waals surface area contributed by atoms with Crippen molar-refractivity contribution in [2.45, 2.75) is 71.1 Å². The number of hydrogen-bond acceptors (Lipinski definition) is 5. The Morgan fingerprint density at radius 3 is 1.94 bits per heavy atom. The van der Waals surface area contributed by atoms with E-state index in [1.807, 2.05) is 24.3 Å². The van der Waals surface area contributed by atoms with Crippen molar-refractivity contribution in [1.82, 2.24) is 0 Å². The number of nitrogens with zero attached hydrogens (tertiary/aromatic N) is 1. The van der Waals surface area contributed by atoms with Crippen LogP contribution in [-0.4, -0.2) is 17.5 Å². The molecule has 33 heavy (non-hydrogen) atoms. The van der Waals surface area contributed by atoms with Crippen LogP contribution in [0.2, 0.25) is 0 Å². The molecule has 0 aliphatic heterocycles. The summed E-state index contributed by atoms with van der Waals surface area (Å²) in [6, 6.07) is 12.9. The molecule has 0 saturated heterocycles.